The van der Waals surface area contributed by atoms with E-state index in [1.54, 1.807) is 19.5 Å². The third-order valence-corrected chi connectivity index (χ3v) is 4.36. The van der Waals surface area contributed by atoms with Gasteiger partial charge in [0.15, 0.2) is 5.78 Å². The predicted molar refractivity (Wildman–Crippen MR) is 91.8 cm³/mol. The number of likely N-dealkylation sites (tertiary alicyclic amines) is 1. The number of methoxy groups -OCH3 is 1. The summed E-state index contributed by atoms with van der Waals surface area (Å²) in [4.78, 5) is 23.1. The minimum Gasteiger partial charge on any atom is -0.497 e. The van der Waals surface area contributed by atoms with Crippen LogP contribution in [-0.4, -0.2) is 40.9 Å². The number of nitrogen functional groups attached to an aromatic ring is 1. The van der Waals surface area contributed by atoms with Crippen molar-refractivity contribution in [2.24, 2.45) is 5.92 Å². The number of ketones is 1. The number of anilines is 1. The Morgan fingerprint density at radius 3 is 2.92 bits per heavy atom. The fourth-order valence-electron chi connectivity index (χ4n) is 3.13. The molecule has 0 bridgehead atoms. The van der Waals surface area contributed by atoms with Crippen LogP contribution in [0.1, 0.15) is 28.8 Å². The lowest BCUT2D eigenvalue weighted by atomic mass is 9.90. The van der Waals surface area contributed by atoms with Crippen molar-refractivity contribution >= 4 is 11.7 Å². The maximum atomic E-state index is 12.8. The average Bonchev–Trinajstić information content (AvgIpc) is 2.63. The maximum Gasteiger partial charge on any atom is 0.219 e. The number of carbonyl (C=O) groups is 1. The third-order valence-electron chi connectivity index (χ3n) is 4.36. The number of aromatic nitrogens is 2. The van der Waals surface area contributed by atoms with E-state index in [4.69, 9.17) is 10.5 Å². The van der Waals surface area contributed by atoms with E-state index in [9.17, 15) is 4.79 Å². The number of carbonyl (C=O) groups excluding carboxylic acids is 1. The van der Waals surface area contributed by atoms with Crippen molar-refractivity contribution in [3.05, 3.63) is 47.8 Å². The summed E-state index contributed by atoms with van der Waals surface area (Å²) in [7, 11) is 1.61. The van der Waals surface area contributed by atoms with Gasteiger partial charge in [0.2, 0.25) is 5.95 Å². The van der Waals surface area contributed by atoms with Crippen LogP contribution in [0.3, 0.4) is 0 Å². The monoisotopic (exact) mass is 326 g/mol. The highest BCUT2D eigenvalue weighted by molar-refractivity contribution is 5.98. The molecule has 0 unspecified atom stereocenters. The second-order valence-electron chi connectivity index (χ2n) is 6.12. The normalized spacial score (nSPS) is 18.3. The Bertz CT molecular complexity index is 702. The van der Waals surface area contributed by atoms with Crippen LogP contribution in [0.25, 0.3) is 0 Å². The van der Waals surface area contributed by atoms with Crippen LogP contribution in [0, 0.1) is 5.92 Å². The quantitative estimate of drug-likeness (QED) is 0.848. The number of benzene rings is 1. The number of piperidine rings is 1. The maximum absolute atomic E-state index is 12.8. The van der Waals surface area contributed by atoms with Crippen LogP contribution in [-0.2, 0) is 6.54 Å². The molecule has 1 saturated heterocycles. The predicted octanol–water partition coefficient (Wildman–Crippen LogP) is 2.16. The van der Waals surface area contributed by atoms with Gasteiger partial charge in [-0.15, -0.1) is 0 Å². The van der Waals surface area contributed by atoms with Crippen LogP contribution in [0.2, 0.25) is 0 Å². The van der Waals surface area contributed by atoms with Crippen molar-refractivity contribution in [1.29, 1.82) is 0 Å². The van der Waals surface area contributed by atoms with Crippen molar-refractivity contribution in [3.8, 4) is 5.75 Å². The molecule has 24 heavy (non-hydrogen) atoms. The molecule has 1 fully saturated rings. The van der Waals surface area contributed by atoms with E-state index in [-0.39, 0.29) is 17.6 Å². The van der Waals surface area contributed by atoms with Gasteiger partial charge in [-0.05, 0) is 31.5 Å². The summed E-state index contributed by atoms with van der Waals surface area (Å²) in [6.45, 7) is 2.47. The first-order valence-corrected chi connectivity index (χ1v) is 8.12. The van der Waals surface area contributed by atoms with Gasteiger partial charge in [-0.2, -0.15) is 0 Å². The molecule has 6 heteroatoms. The van der Waals surface area contributed by atoms with Crippen molar-refractivity contribution in [2.45, 2.75) is 19.4 Å². The van der Waals surface area contributed by atoms with Crippen molar-refractivity contribution < 1.29 is 9.53 Å². The molecule has 6 nitrogen and oxygen atoms in total. The second kappa shape index (κ2) is 7.40. The molecule has 2 heterocycles. The van der Waals surface area contributed by atoms with E-state index in [2.05, 4.69) is 14.9 Å². The van der Waals surface area contributed by atoms with E-state index < -0.39 is 0 Å². The summed E-state index contributed by atoms with van der Waals surface area (Å²) < 4.78 is 5.22. The van der Waals surface area contributed by atoms with Gasteiger partial charge < -0.3 is 10.5 Å². The third kappa shape index (κ3) is 3.89. The molecule has 1 aliphatic rings. The largest absolute Gasteiger partial charge is 0.497 e. The molecule has 0 aliphatic carbocycles. The molecule has 0 saturated carbocycles. The van der Waals surface area contributed by atoms with Crippen LogP contribution >= 0.6 is 0 Å². The number of nitrogens with two attached hydrogens (primary N) is 1. The Kier molecular flexibility index (Phi) is 5.05. The van der Waals surface area contributed by atoms with Gasteiger partial charge in [-0.25, -0.2) is 9.97 Å². The summed E-state index contributed by atoms with van der Waals surface area (Å²) in [6, 6.07) is 7.39. The molecule has 1 aliphatic heterocycles. The number of hydrogen-bond donors (Lipinski definition) is 1. The second-order valence-corrected chi connectivity index (χ2v) is 6.12. The zero-order valence-corrected chi connectivity index (χ0v) is 13.8. The molecule has 1 atom stereocenters. The molecule has 1 aromatic heterocycles. The number of rotatable bonds is 5. The molecule has 1 aromatic carbocycles. The van der Waals surface area contributed by atoms with Gasteiger partial charge in [0.05, 0.1) is 7.11 Å². The molecule has 2 aromatic rings. The van der Waals surface area contributed by atoms with Gasteiger partial charge in [-0.3, -0.25) is 9.69 Å². The molecule has 0 amide bonds. The molecule has 2 N–H and O–H groups in total. The van der Waals surface area contributed by atoms with Crippen LogP contribution in [0.4, 0.5) is 5.95 Å². The molecular formula is C18H22N4O2. The molecule has 0 spiro atoms. The first kappa shape index (κ1) is 16.4. The highest BCUT2D eigenvalue weighted by Gasteiger charge is 2.26. The first-order chi connectivity index (χ1) is 11.7. The lowest BCUT2D eigenvalue weighted by molar-refractivity contribution is 0.0811. The van der Waals surface area contributed by atoms with Gasteiger partial charge in [-0.1, -0.05) is 12.1 Å². The Labute approximate surface area is 141 Å². The van der Waals surface area contributed by atoms with E-state index in [1.807, 2.05) is 24.3 Å². The summed E-state index contributed by atoms with van der Waals surface area (Å²) in [5.74, 6) is 1.20. The average molecular weight is 326 g/mol. The summed E-state index contributed by atoms with van der Waals surface area (Å²) in [5, 5.41) is 0. The minimum atomic E-state index is 0.0144. The Morgan fingerprint density at radius 2 is 2.17 bits per heavy atom. The Morgan fingerprint density at radius 1 is 1.38 bits per heavy atom. The highest BCUT2D eigenvalue weighted by Crippen LogP contribution is 2.24. The lowest BCUT2D eigenvalue weighted by Crippen LogP contribution is -2.38. The van der Waals surface area contributed by atoms with Crippen LogP contribution in [0.15, 0.2) is 36.7 Å². The van der Waals surface area contributed by atoms with Gasteiger partial charge in [0, 0.05) is 42.5 Å². The van der Waals surface area contributed by atoms with Crippen molar-refractivity contribution in [3.63, 3.8) is 0 Å². The summed E-state index contributed by atoms with van der Waals surface area (Å²) >= 11 is 0. The fraction of sp³-hybridized carbons (Fsp3) is 0.389. The number of nitrogens with zero attached hydrogens (tertiary/aromatic N) is 3. The molecular weight excluding hydrogens is 304 g/mol. The minimum absolute atomic E-state index is 0.0144. The number of ether oxygens (including phenoxy) is 1. The van der Waals surface area contributed by atoms with Crippen LogP contribution < -0.4 is 10.5 Å². The fourth-order valence-corrected chi connectivity index (χ4v) is 3.13. The number of Topliss-reactive ketones (excluding diaryl/α,β-unsaturated/α-hetero) is 1. The summed E-state index contributed by atoms with van der Waals surface area (Å²) in [5.41, 5.74) is 7.25. The Hall–Kier alpha value is -2.47. The molecule has 0 radical (unpaired) electrons. The van der Waals surface area contributed by atoms with Gasteiger partial charge in [0.25, 0.3) is 0 Å². The lowest BCUT2D eigenvalue weighted by Gasteiger charge is -2.31. The zero-order chi connectivity index (χ0) is 16.9. The van der Waals surface area contributed by atoms with Gasteiger partial charge >= 0.3 is 0 Å². The van der Waals surface area contributed by atoms with E-state index in [0.29, 0.717) is 5.75 Å². The highest BCUT2D eigenvalue weighted by atomic mass is 16.5. The standard InChI is InChI=1S/C18H22N4O2/c1-24-16-6-2-4-14(8-16)17(23)15-5-3-7-22(12-15)11-13-9-20-18(19)21-10-13/h2,4,6,8-10,15H,3,5,7,11-12H2,1H3,(H2,19,20,21)/t15-/m0/s1. The van der Waals surface area contributed by atoms with Gasteiger partial charge in [0.1, 0.15) is 5.75 Å². The first-order valence-electron chi connectivity index (χ1n) is 8.12. The van der Waals surface area contributed by atoms with E-state index in [0.717, 1.165) is 43.6 Å². The summed E-state index contributed by atoms with van der Waals surface area (Å²) in [6.07, 6.45) is 5.42. The van der Waals surface area contributed by atoms with E-state index >= 15 is 0 Å². The van der Waals surface area contributed by atoms with Crippen molar-refractivity contribution in [1.82, 2.24) is 14.9 Å². The zero-order valence-electron chi connectivity index (χ0n) is 13.8. The smallest absolute Gasteiger partial charge is 0.219 e. The molecule has 126 valence electrons. The Balaban J connectivity index is 1.66. The topological polar surface area (TPSA) is 81.3 Å². The van der Waals surface area contributed by atoms with Crippen LogP contribution in [0.5, 0.6) is 5.75 Å². The van der Waals surface area contributed by atoms with Crippen molar-refractivity contribution in [2.75, 3.05) is 25.9 Å². The van der Waals surface area contributed by atoms with E-state index in [1.165, 1.54) is 0 Å². The number of hydrogen-bond acceptors (Lipinski definition) is 6. The SMILES string of the molecule is COc1cccc(C(=O)[C@H]2CCCN(Cc3cnc(N)nc3)C2)c1. The molecule has 3 rings (SSSR count).